The molecule has 2 aromatic carbocycles. The molecule has 2 aromatic rings. The van der Waals surface area contributed by atoms with E-state index in [1.807, 2.05) is 48.5 Å². The number of ether oxygens (including phenoxy) is 1. The van der Waals surface area contributed by atoms with E-state index < -0.39 is 0 Å². The molecule has 0 aliphatic carbocycles. The highest BCUT2D eigenvalue weighted by Crippen LogP contribution is 2.22. The van der Waals surface area contributed by atoms with Gasteiger partial charge in [0.2, 0.25) is 0 Å². The molecule has 0 spiro atoms. The third-order valence-electron chi connectivity index (χ3n) is 2.89. The van der Waals surface area contributed by atoms with Gasteiger partial charge in [-0.25, -0.2) is 0 Å². The van der Waals surface area contributed by atoms with Crippen molar-refractivity contribution in [3.8, 4) is 5.75 Å². The summed E-state index contributed by atoms with van der Waals surface area (Å²) in [5.74, 6) is 0.803. The summed E-state index contributed by atoms with van der Waals surface area (Å²) in [6.45, 7) is 0.00760. The number of aliphatic hydroxyl groups excluding tert-OH is 1. The number of benzene rings is 2. The summed E-state index contributed by atoms with van der Waals surface area (Å²) >= 11 is 5.86. The number of hydrogen-bond donors (Lipinski definition) is 2. The largest absolute Gasteiger partial charge is 0.497 e. The molecule has 0 radical (unpaired) electrons. The highest BCUT2D eigenvalue weighted by molar-refractivity contribution is 6.30. The number of halogens is 1. The standard InChI is InChI=1S/C15H16ClNO2/c1-19-14-8-6-13(7-9-14)17-15(10-18)11-2-4-12(16)5-3-11/h2-9,15,17-18H,10H2,1H3. The van der Waals surface area contributed by atoms with Crippen LogP contribution < -0.4 is 10.1 Å². The lowest BCUT2D eigenvalue weighted by molar-refractivity contribution is 0.276. The minimum Gasteiger partial charge on any atom is -0.497 e. The Kier molecular flexibility index (Phi) is 4.66. The Hall–Kier alpha value is -1.71. The fourth-order valence-electron chi connectivity index (χ4n) is 1.82. The Morgan fingerprint density at radius 3 is 2.26 bits per heavy atom. The van der Waals surface area contributed by atoms with Crippen LogP contribution in [0.15, 0.2) is 48.5 Å². The van der Waals surface area contributed by atoms with Crippen LogP contribution in [-0.4, -0.2) is 18.8 Å². The van der Waals surface area contributed by atoms with Crippen molar-refractivity contribution < 1.29 is 9.84 Å². The first-order valence-electron chi connectivity index (χ1n) is 6.00. The van der Waals surface area contributed by atoms with Gasteiger partial charge in [0.15, 0.2) is 0 Å². The molecule has 3 nitrogen and oxygen atoms in total. The zero-order valence-corrected chi connectivity index (χ0v) is 11.4. The number of methoxy groups -OCH3 is 1. The van der Waals surface area contributed by atoms with Crippen molar-refractivity contribution in [1.29, 1.82) is 0 Å². The van der Waals surface area contributed by atoms with Crippen LogP contribution in [0.1, 0.15) is 11.6 Å². The van der Waals surface area contributed by atoms with Crippen molar-refractivity contribution in [2.45, 2.75) is 6.04 Å². The fourth-order valence-corrected chi connectivity index (χ4v) is 1.94. The van der Waals surface area contributed by atoms with E-state index in [0.29, 0.717) is 5.02 Å². The molecule has 0 aliphatic rings. The van der Waals surface area contributed by atoms with E-state index in [4.69, 9.17) is 16.3 Å². The molecule has 0 bridgehead atoms. The summed E-state index contributed by atoms with van der Waals surface area (Å²) in [6.07, 6.45) is 0. The maximum atomic E-state index is 9.49. The Morgan fingerprint density at radius 1 is 1.11 bits per heavy atom. The van der Waals surface area contributed by atoms with Gasteiger partial charge in [-0.1, -0.05) is 23.7 Å². The molecule has 0 amide bonds. The van der Waals surface area contributed by atoms with E-state index >= 15 is 0 Å². The molecule has 0 aromatic heterocycles. The second-order valence-corrected chi connectivity index (χ2v) is 4.60. The molecular formula is C15H16ClNO2. The molecule has 0 heterocycles. The van der Waals surface area contributed by atoms with E-state index in [-0.39, 0.29) is 12.6 Å². The van der Waals surface area contributed by atoms with Crippen LogP contribution >= 0.6 is 11.6 Å². The van der Waals surface area contributed by atoms with Crippen molar-refractivity contribution in [2.24, 2.45) is 0 Å². The summed E-state index contributed by atoms with van der Waals surface area (Å²) in [6, 6.07) is 14.8. The van der Waals surface area contributed by atoms with Gasteiger partial charge < -0.3 is 15.2 Å². The molecule has 4 heteroatoms. The molecule has 0 aliphatic heterocycles. The van der Waals surface area contributed by atoms with E-state index in [0.717, 1.165) is 17.0 Å². The van der Waals surface area contributed by atoms with Crippen LogP contribution in [0.3, 0.4) is 0 Å². The Labute approximate surface area is 117 Å². The predicted octanol–water partition coefficient (Wildman–Crippen LogP) is 3.49. The highest BCUT2D eigenvalue weighted by atomic mass is 35.5. The lowest BCUT2D eigenvalue weighted by atomic mass is 10.1. The first kappa shape index (κ1) is 13.7. The van der Waals surface area contributed by atoms with Gasteiger partial charge in [-0.3, -0.25) is 0 Å². The van der Waals surface area contributed by atoms with Crippen molar-refractivity contribution in [3.05, 3.63) is 59.1 Å². The molecular weight excluding hydrogens is 262 g/mol. The van der Waals surface area contributed by atoms with Gasteiger partial charge in [-0.2, -0.15) is 0 Å². The molecule has 1 atom stereocenters. The SMILES string of the molecule is COc1ccc(NC(CO)c2ccc(Cl)cc2)cc1. The molecule has 19 heavy (non-hydrogen) atoms. The van der Waals surface area contributed by atoms with E-state index in [9.17, 15) is 5.11 Å². The van der Waals surface area contributed by atoms with Crippen LogP contribution in [0.4, 0.5) is 5.69 Å². The Bertz CT molecular complexity index is 511. The van der Waals surface area contributed by atoms with Crippen LogP contribution in [0.25, 0.3) is 0 Å². The average Bonchev–Trinajstić information content (AvgIpc) is 2.46. The van der Waals surface area contributed by atoms with Gasteiger partial charge in [0.05, 0.1) is 19.8 Å². The number of rotatable bonds is 5. The zero-order valence-electron chi connectivity index (χ0n) is 10.6. The Morgan fingerprint density at radius 2 is 1.74 bits per heavy atom. The molecule has 0 saturated heterocycles. The number of aliphatic hydroxyl groups is 1. The molecule has 1 unspecified atom stereocenters. The number of anilines is 1. The van der Waals surface area contributed by atoms with E-state index in [1.165, 1.54) is 0 Å². The third-order valence-corrected chi connectivity index (χ3v) is 3.14. The van der Waals surface area contributed by atoms with Gasteiger partial charge in [0, 0.05) is 10.7 Å². The van der Waals surface area contributed by atoms with Crippen molar-refractivity contribution in [2.75, 3.05) is 19.0 Å². The summed E-state index contributed by atoms with van der Waals surface area (Å²) in [4.78, 5) is 0. The molecule has 0 saturated carbocycles. The van der Waals surface area contributed by atoms with Gasteiger partial charge in [-0.05, 0) is 42.0 Å². The van der Waals surface area contributed by atoms with Gasteiger partial charge >= 0.3 is 0 Å². The second kappa shape index (κ2) is 6.45. The molecule has 2 N–H and O–H groups in total. The maximum absolute atomic E-state index is 9.49. The second-order valence-electron chi connectivity index (χ2n) is 4.16. The fraction of sp³-hybridized carbons (Fsp3) is 0.200. The van der Waals surface area contributed by atoms with Crippen molar-refractivity contribution >= 4 is 17.3 Å². The zero-order chi connectivity index (χ0) is 13.7. The normalized spacial score (nSPS) is 11.9. The molecule has 100 valence electrons. The average molecular weight is 278 g/mol. The lowest BCUT2D eigenvalue weighted by Gasteiger charge is -2.18. The monoisotopic (exact) mass is 277 g/mol. The van der Waals surface area contributed by atoms with E-state index in [2.05, 4.69) is 5.32 Å². The van der Waals surface area contributed by atoms with Crippen LogP contribution in [-0.2, 0) is 0 Å². The van der Waals surface area contributed by atoms with Crippen molar-refractivity contribution in [1.82, 2.24) is 0 Å². The minimum atomic E-state index is -0.161. The molecule has 2 rings (SSSR count). The summed E-state index contributed by atoms with van der Waals surface area (Å²) in [5, 5.41) is 13.4. The van der Waals surface area contributed by atoms with Gasteiger partial charge in [-0.15, -0.1) is 0 Å². The minimum absolute atomic E-state index is 0.00760. The first-order chi connectivity index (χ1) is 9.22. The smallest absolute Gasteiger partial charge is 0.119 e. The summed E-state index contributed by atoms with van der Waals surface area (Å²) < 4.78 is 5.11. The molecule has 0 fully saturated rings. The highest BCUT2D eigenvalue weighted by Gasteiger charge is 2.09. The van der Waals surface area contributed by atoms with Gasteiger partial charge in [0.1, 0.15) is 5.75 Å². The Balaban J connectivity index is 2.11. The number of nitrogens with one attached hydrogen (secondary N) is 1. The van der Waals surface area contributed by atoms with Crippen LogP contribution in [0.5, 0.6) is 5.75 Å². The van der Waals surface area contributed by atoms with E-state index in [1.54, 1.807) is 7.11 Å². The lowest BCUT2D eigenvalue weighted by Crippen LogP contribution is -2.14. The number of hydrogen-bond acceptors (Lipinski definition) is 3. The van der Waals surface area contributed by atoms with Crippen molar-refractivity contribution in [3.63, 3.8) is 0 Å². The van der Waals surface area contributed by atoms with Crippen LogP contribution in [0.2, 0.25) is 5.02 Å². The summed E-state index contributed by atoms with van der Waals surface area (Å²) in [5.41, 5.74) is 1.91. The predicted molar refractivity (Wildman–Crippen MR) is 77.9 cm³/mol. The third kappa shape index (κ3) is 3.63. The topological polar surface area (TPSA) is 41.5 Å². The maximum Gasteiger partial charge on any atom is 0.119 e. The van der Waals surface area contributed by atoms with Gasteiger partial charge in [0.25, 0.3) is 0 Å². The quantitative estimate of drug-likeness (QED) is 0.879. The summed E-state index contributed by atoms with van der Waals surface area (Å²) in [7, 11) is 1.63. The van der Waals surface area contributed by atoms with Crippen LogP contribution in [0, 0.1) is 0 Å². The first-order valence-corrected chi connectivity index (χ1v) is 6.37.